The molecule has 9 nitrogen and oxygen atoms in total. The molecule has 2 aromatic heterocycles. The molecule has 3 heterocycles. The van der Waals surface area contributed by atoms with Crippen molar-refractivity contribution in [2.45, 2.75) is 6.92 Å². The molecule has 1 amide bonds. The van der Waals surface area contributed by atoms with Crippen LogP contribution in [0.25, 0.3) is 5.69 Å². The number of benzene rings is 1. The highest BCUT2D eigenvalue weighted by Gasteiger charge is 2.24. The minimum Gasteiger partial charge on any atom is -0.494 e. The fraction of sp³-hybridized carbons (Fsp3) is 0.286. The van der Waals surface area contributed by atoms with Gasteiger partial charge >= 0.3 is 5.69 Å². The van der Waals surface area contributed by atoms with Gasteiger partial charge in [0.2, 0.25) is 0 Å². The Morgan fingerprint density at radius 1 is 1.10 bits per heavy atom. The van der Waals surface area contributed by atoms with Gasteiger partial charge < -0.3 is 19.0 Å². The van der Waals surface area contributed by atoms with Crippen LogP contribution in [0.2, 0.25) is 0 Å². The van der Waals surface area contributed by atoms with Gasteiger partial charge in [0.15, 0.2) is 5.76 Å². The van der Waals surface area contributed by atoms with Crippen molar-refractivity contribution in [1.82, 2.24) is 14.5 Å². The van der Waals surface area contributed by atoms with Gasteiger partial charge in [-0.15, -0.1) is 0 Å². The summed E-state index contributed by atoms with van der Waals surface area (Å²) in [5.74, 6) is 1.25. The van der Waals surface area contributed by atoms with Gasteiger partial charge in [-0.1, -0.05) is 0 Å². The molecule has 0 spiro atoms. The first kappa shape index (κ1) is 19.6. The molecule has 1 aromatic carbocycles. The Kier molecular flexibility index (Phi) is 5.42. The Morgan fingerprint density at radius 3 is 2.43 bits per heavy atom. The van der Waals surface area contributed by atoms with E-state index in [9.17, 15) is 14.4 Å². The summed E-state index contributed by atoms with van der Waals surface area (Å²) in [6, 6.07) is 11.5. The molecule has 0 atom stereocenters. The number of carbonyl (C=O) groups excluding carboxylic acids is 1. The van der Waals surface area contributed by atoms with Crippen LogP contribution in [0.4, 0.5) is 5.82 Å². The number of H-pyrrole nitrogens is 1. The molecule has 1 N–H and O–H groups in total. The molecule has 156 valence electrons. The van der Waals surface area contributed by atoms with Crippen molar-refractivity contribution in [2.75, 3.05) is 37.7 Å². The van der Waals surface area contributed by atoms with E-state index in [-0.39, 0.29) is 5.91 Å². The average molecular weight is 410 g/mol. The van der Waals surface area contributed by atoms with Crippen LogP contribution in [0, 0.1) is 0 Å². The van der Waals surface area contributed by atoms with Gasteiger partial charge in [0.05, 0.1) is 18.6 Å². The Morgan fingerprint density at radius 2 is 1.83 bits per heavy atom. The maximum absolute atomic E-state index is 12.7. The van der Waals surface area contributed by atoms with E-state index in [4.69, 9.17) is 9.15 Å². The summed E-state index contributed by atoms with van der Waals surface area (Å²) >= 11 is 0. The van der Waals surface area contributed by atoms with Crippen LogP contribution in [0.3, 0.4) is 0 Å². The number of hydrogen-bond acceptors (Lipinski definition) is 6. The highest BCUT2D eigenvalue weighted by molar-refractivity contribution is 5.91. The molecule has 1 fully saturated rings. The van der Waals surface area contributed by atoms with Crippen LogP contribution in [-0.2, 0) is 0 Å². The summed E-state index contributed by atoms with van der Waals surface area (Å²) in [5.41, 5.74) is -0.479. The summed E-state index contributed by atoms with van der Waals surface area (Å²) in [6.45, 7) is 4.33. The van der Waals surface area contributed by atoms with E-state index in [0.29, 0.717) is 55.8 Å². The minimum absolute atomic E-state index is 0.168. The lowest BCUT2D eigenvalue weighted by Gasteiger charge is -2.35. The van der Waals surface area contributed by atoms with Crippen molar-refractivity contribution in [1.29, 1.82) is 0 Å². The summed E-state index contributed by atoms with van der Waals surface area (Å²) < 4.78 is 11.6. The summed E-state index contributed by atoms with van der Waals surface area (Å²) in [4.78, 5) is 44.0. The minimum atomic E-state index is -0.518. The number of nitrogens with zero attached hydrogens (tertiary/aromatic N) is 3. The number of aromatic amines is 1. The van der Waals surface area contributed by atoms with Gasteiger partial charge in [-0.25, -0.2) is 9.36 Å². The van der Waals surface area contributed by atoms with Crippen LogP contribution in [0.1, 0.15) is 17.5 Å². The number of rotatable bonds is 5. The summed E-state index contributed by atoms with van der Waals surface area (Å²) in [6.07, 6.45) is 1.47. The van der Waals surface area contributed by atoms with E-state index < -0.39 is 11.2 Å². The number of furan rings is 1. The molecule has 3 aromatic rings. The number of amides is 1. The molecule has 9 heteroatoms. The summed E-state index contributed by atoms with van der Waals surface area (Å²) in [5, 5.41) is 0. The Labute approximate surface area is 172 Å². The maximum atomic E-state index is 12.7. The molecule has 1 saturated heterocycles. The first-order chi connectivity index (χ1) is 14.6. The van der Waals surface area contributed by atoms with Gasteiger partial charge in [0, 0.05) is 32.2 Å². The van der Waals surface area contributed by atoms with Gasteiger partial charge in [0.1, 0.15) is 11.6 Å². The van der Waals surface area contributed by atoms with Gasteiger partial charge in [-0.05, 0) is 43.3 Å². The van der Waals surface area contributed by atoms with Gasteiger partial charge in [-0.3, -0.25) is 14.6 Å². The number of anilines is 1. The first-order valence-electron chi connectivity index (χ1n) is 9.74. The molecule has 1 aliphatic rings. The topological polar surface area (TPSA) is 101 Å². The molecule has 4 rings (SSSR count). The van der Waals surface area contributed by atoms with E-state index in [1.54, 1.807) is 41.3 Å². The van der Waals surface area contributed by atoms with Crippen LogP contribution in [0.15, 0.2) is 62.7 Å². The van der Waals surface area contributed by atoms with E-state index in [2.05, 4.69) is 4.98 Å². The second-order valence-corrected chi connectivity index (χ2v) is 6.82. The largest absolute Gasteiger partial charge is 0.494 e. The number of hydrogen-bond donors (Lipinski definition) is 1. The first-order valence-corrected chi connectivity index (χ1v) is 9.74. The second kappa shape index (κ2) is 8.32. The third kappa shape index (κ3) is 3.86. The highest BCUT2D eigenvalue weighted by Crippen LogP contribution is 2.15. The number of nitrogens with one attached hydrogen (secondary N) is 1. The average Bonchev–Trinajstić information content (AvgIpc) is 3.29. The van der Waals surface area contributed by atoms with E-state index in [1.807, 2.05) is 11.8 Å². The van der Waals surface area contributed by atoms with Crippen LogP contribution >= 0.6 is 0 Å². The fourth-order valence-corrected chi connectivity index (χ4v) is 3.46. The Balaban J connectivity index is 1.49. The fourth-order valence-electron chi connectivity index (χ4n) is 3.46. The molecule has 0 radical (unpaired) electrons. The molecular weight excluding hydrogens is 388 g/mol. The zero-order chi connectivity index (χ0) is 21.1. The van der Waals surface area contributed by atoms with Crippen LogP contribution < -0.4 is 20.9 Å². The normalized spacial score (nSPS) is 14.0. The SMILES string of the molecule is CCOc1ccc(-n2c(=O)cc(N3CCN(C(=O)c4ccco4)CC3)[nH]c2=O)cc1. The lowest BCUT2D eigenvalue weighted by Crippen LogP contribution is -2.50. The van der Waals surface area contributed by atoms with E-state index in [1.165, 1.54) is 12.3 Å². The Bertz CT molecular complexity index is 1090. The van der Waals surface area contributed by atoms with Gasteiger partial charge in [-0.2, -0.15) is 0 Å². The lowest BCUT2D eigenvalue weighted by atomic mass is 10.2. The number of ether oxygens (including phenoxy) is 1. The van der Waals surface area contributed by atoms with Crippen molar-refractivity contribution < 1.29 is 13.9 Å². The standard InChI is InChI=1S/C21H22N4O5/c1-2-29-16-7-5-15(6-8-16)25-19(26)14-18(22-21(25)28)23-9-11-24(12-10-23)20(27)17-4-3-13-30-17/h3-8,13-14H,2,9-12H2,1H3,(H,22,28). The molecule has 0 bridgehead atoms. The van der Waals surface area contributed by atoms with Crippen LogP contribution in [-0.4, -0.2) is 53.1 Å². The molecule has 30 heavy (non-hydrogen) atoms. The monoisotopic (exact) mass is 410 g/mol. The third-order valence-corrected chi connectivity index (χ3v) is 4.96. The van der Waals surface area contributed by atoms with Crippen molar-refractivity contribution >= 4 is 11.7 Å². The lowest BCUT2D eigenvalue weighted by molar-refractivity contribution is 0.0714. The Hall–Kier alpha value is -3.75. The van der Waals surface area contributed by atoms with Gasteiger partial charge in [0.25, 0.3) is 11.5 Å². The second-order valence-electron chi connectivity index (χ2n) is 6.82. The van der Waals surface area contributed by atoms with Crippen molar-refractivity contribution in [2.24, 2.45) is 0 Å². The van der Waals surface area contributed by atoms with E-state index >= 15 is 0 Å². The zero-order valence-corrected chi connectivity index (χ0v) is 16.5. The maximum Gasteiger partial charge on any atom is 0.334 e. The molecule has 0 unspecified atom stereocenters. The zero-order valence-electron chi connectivity index (χ0n) is 16.5. The molecule has 0 aliphatic carbocycles. The molecule has 1 aliphatic heterocycles. The molecular formula is C21H22N4O5. The van der Waals surface area contributed by atoms with Crippen molar-refractivity contribution in [3.63, 3.8) is 0 Å². The van der Waals surface area contributed by atoms with Crippen molar-refractivity contribution in [3.05, 3.63) is 75.3 Å². The predicted octanol–water partition coefficient (Wildman–Crippen LogP) is 1.48. The molecule has 0 saturated carbocycles. The predicted molar refractivity (Wildman–Crippen MR) is 111 cm³/mol. The van der Waals surface area contributed by atoms with Crippen LogP contribution in [0.5, 0.6) is 5.75 Å². The smallest absolute Gasteiger partial charge is 0.334 e. The number of piperazine rings is 1. The highest BCUT2D eigenvalue weighted by atomic mass is 16.5. The summed E-state index contributed by atoms with van der Waals surface area (Å²) in [7, 11) is 0. The van der Waals surface area contributed by atoms with Crippen molar-refractivity contribution in [3.8, 4) is 11.4 Å². The quantitative estimate of drug-likeness (QED) is 0.684. The van der Waals surface area contributed by atoms with E-state index in [0.717, 1.165) is 4.57 Å². The number of carbonyl (C=O) groups is 1. The third-order valence-electron chi connectivity index (χ3n) is 4.96. The number of aromatic nitrogens is 2.